The molecular weight excluding hydrogens is 455 g/mol. The number of halogens is 1. The monoisotopic (exact) mass is 478 g/mol. The zero-order chi connectivity index (χ0) is 24.9. The van der Waals surface area contributed by atoms with Crippen LogP contribution in [0.15, 0.2) is 66.7 Å². The van der Waals surface area contributed by atoms with Crippen LogP contribution in [0, 0.1) is 5.82 Å². The lowest BCUT2D eigenvalue weighted by Crippen LogP contribution is -2.41. The molecule has 4 rings (SSSR count). The molecule has 1 aliphatic carbocycles. The van der Waals surface area contributed by atoms with Crippen molar-refractivity contribution in [3.8, 4) is 11.1 Å². The van der Waals surface area contributed by atoms with Gasteiger partial charge in [0.05, 0.1) is 0 Å². The van der Waals surface area contributed by atoms with Gasteiger partial charge < -0.3 is 20.3 Å². The molecule has 35 heavy (non-hydrogen) atoms. The Hall–Kier alpha value is -4.24. The summed E-state index contributed by atoms with van der Waals surface area (Å²) in [6, 6.07) is 17.5. The number of carboxylic acid groups (broad SMARTS) is 1. The molecule has 0 bridgehead atoms. The first kappa shape index (κ1) is 23.9. The number of hydrogen-bond acceptors (Lipinski definition) is 5. The average Bonchev–Trinajstić information content (AvgIpc) is 3.15. The number of ether oxygens (including phenoxy) is 1. The summed E-state index contributed by atoms with van der Waals surface area (Å²) in [5, 5.41) is 22.7. The van der Waals surface area contributed by atoms with E-state index >= 15 is 0 Å². The van der Waals surface area contributed by atoms with Crippen LogP contribution in [0.1, 0.15) is 33.8 Å². The number of carboxylic acids is 1. The van der Waals surface area contributed by atoms with Crippen molar-refractivity contribution < 1.29 is 33.7 Å². The summed E-state index contributed by atoms with van der Waals surface area (Å²) < 4.78 is 19.5. The molecule has 1 unspecified atom stereocenters. The molecule has 0 radical (unpaired) electrons. The van der Waals surface area contributed by atoms with Crippen LogP contribution in [0.2, 0.25) is 0 Å². The molecule has 1 aliphatic rings. The van der Waals surface area contributed by atoms with Gasteiger partial charge in [-0.1, -0.05) is 48.5 Å². The topological polar surface area (TPSA) is 125 Å². The highest BCUT2D eigenvalue weighted by Gasteiger charge is 2.29. The van der Waals surface area contributed by atoms with Gasteiger partial charge in [-0.3, -0.25) is 10.1 Å². The Morgan fingerprint density at radius 1 is 0.971 bits per heavy atom. The van der Waals surface area contributed by atoms with Crippen molar-refractivity contribution in [1.29, 1.82) is 0 Å². The van der Waals surface area contributed by atoms with Crippen LogP contribution in [0.25, 0.3) is 11.1 Å². The first-order valence-corrected chi connectivity index (χ1v) is 10.9. The number of aliphatic hydroxyl groups excluding tert-OH is 1. The van der Waals surface area contributed by atoms with Gasteiger partial charge in [-0.25, -0.2) is 14.0 Å². The lowest BCUT2D eigenvalue weighted by atomic mass is 9.98. The lowest BCUT2D eigenvalue weighted by Gasteiger charge is -2.15. The predicted octanol–water partition coefficient (Wildman–Crippen LogP) is 3.75. The number of carbonyl (C=O) groups excluding carboxylic acids is 2. The third-order valence-corrected chi connectivity index (χ3v) is 5.77. The van der Waals surface area contributed by atoms with E-state index in [1.54, 1.807) is 0 Å². The molecule has 0 heterocycles. The van der Waals surface area contributed by atoms with Gasteiger partial charge in [-0.05, 0) is 40.5 Å². The number of hydrogen-bond donors (Lipinski definition) is 4. The van der Waals surface area contributed by atoms with Gasteiger partial charge in [0.2, 0.25) is 0 Å². The molecule has 0 aliphatic heterocycles. The number of nitrogens with one attached hydrogen (secondary N) is 2. The van der Waals surface area contributed by atoms with E-state index in [2.05, 4.69) is 10.6 Å². The van der Waals surface area contributed by atoms with E-state index in [0.717, 1.165) is 34.4 Å². The van der Waals surface area contributed by atoms with Crippen molar-refractivity contribution in [2.24, 2.45) is 0 Å². The highest BCUT2D eigenvalue weighted by Crippen LogP contribution is 2.44. The van der Waals surface area contributed by atoms with Crippen LogP contribution in [0.5, 0.6) is 0 Å². The van der Waals surface area contributed by atoms with Gasteiger partial charge in [0.15, 0.2) is 0 Å². The second-order valence-electron chi connectivity index (χ2n) is 8.06. The zero-order valence-electron chi connectivity index (χ0n) is 18.5. The number of amides is 2. The average molecular weight is 478 g/mol. The number of anilines is 1. The van der Waals surface area contributed by atoms with Gasteiger partial charge in [-0.2, -0.15) is 0 Å². The van der Waals surface area contributed by atoms with Crippen molar-refractivity contribution in [1.82, 2.24) is 5.32 Å². The van der Waals surface area contributed by atoms with Crippen LogP contribution in [0.3, 0.4) is 0 Å². The van der Waals surface area contributed by atoms with E-state index in [1.165, 1.54) is 6.07 Å². The first-order chi connectivity index (χ1) is 16.9. The summed E-state index contributed by atoms with van der Waals surface area (Å²) in [6.45, 7) is -0.390. The molecule has 180 valence electrons. The Morgan fingerprint density at radius 3 is 2.20 bits per heavy atom. The number of benzene rings is 3. The van der Waals surface area contributed by atoms with Crippen LogP contribution in [-0.2, 0) is 9.53 Å². The second kappa shape index (κ2) is 10.4. The lowest BCUT2D eigenvalue weighted by molar-refractivity contribution is -0.139. The van der Waals surface area contributed by atoms with Crippen LogP contribution < -0.4 is 10.6 Å². The molecule has 3 aromatic carbocycles. The maximum Gasteiger partial charge on any atom is 0.411 e. The Labute approximate surface area is 200 Å². The summed E-state index contributed by atoms with van der Waals surface area (Å²) in [5.74, 6) is -3.15. The fourth-order valence-electron chi connectivity index (χ4n) is 4.17. The summed E-state index contributed by atoms with van der Waals surface area (Å²) in [4.78, 5) is 36.1. The van der Waals surface area contributed by atoms with Gasteiger partial charge in [0.25, 0.3) is 5.91 Å². The third kappa shape index (κ3) is 5.30. The third-order valence-electron chi connectivity index (χ3n) is 5.77. The van der Waals surface area contributed by atoms with E-state index in [0.29, 0.717) is 0 Å². The smallest absolute Gasteiger partial charge is 0.411 e. The number of rotatable bonds is 8. The number of carbonyl (C=O) groups is 3. The molecule has 2 amide bonds. The number of aliphatic hydroxyl groups is 1. The summed E-state index contributed by atoms with van der Waals surface area (Å²) in [6.07, 6.45) is -1.03. The Morgan fingerprint density at radius 2 is 1.60 bits per heavy atom. The van der Waals surface area contributed by atoms with Crippen molar-refractivity contribution >= 4 is 23.7 Å². The van der Waals surface area contributed by atoms with E-state index in [1.807, 2.05) is 48.5 Å². The van der Waals surface area contributed by atoms with Gasteiger partial charge in [0, 0.05) is 30.2 Å². The second-order valence-corrected chi connectivity index (χ2v) is 8.06. The molecule has 0 saturated heterocycles. The first-order valence-electron chi connectivity index (χ1n) is 10.9. The Bertz CT molecular complexity index is 1230. The molecule has 8 nitrogen and oxygen atoms in total. The molecule has 0 fully saturated rings. The standard InChI is InChI=1S/C26H23FN2O6/c27-16-11-15(24(31)29-23(9-10-30)25(32)33)12-17(13-16)28-26(34)35-14-22-20-7-3-1-5-18(20)19-6-2-4-8-21(19)22/h1-8,11-13,22-23,30H,9-10,14H2,(H,28,34)(H,29,31)(H,32,33). The van der Waals surface area contributed by atoms with Crippen LogP contribution >= 0.6 is 0 Å². The molecule has 9 heteroatoms. The van der Waals surface area contributed by atoms with Gasteiger partial charge >= 0.3 is 12.1 Å². The summed E-state index contributed by atoms with van der Waals surface area (Å²) >= 11 is 0. The molecule has 0 aromatic heterocycles. The minimum atomic E-state index is -1.34. The minimum Gasteiger partial charge on any atom is -0.480 e. The summed E-state index contributed by atoms with van der Waals surface area (Å²) in [5.41, 5.74) is 4.03. The number of fused-ring (bicyclic) bond motifs is 3. The molecule has 1 atom stereocenters. The summed E-state index contributed by atoms with van der Waals surface area (Å²) in [7, 11) is 0. The fraction of sp³-hybridized carbons (Fsp3) is 0.192. The molecule has 0 spiro atoms. The quantitative estimate of drug-likeness (QED) is 0.391. The molecule has 0 saturated carbocycles. The minimum absolute atomic E-state index is 0.0265. The largest absolute Gasteiger partial charge is 0.480 e. The van der Waals surface area contributed by atoms with Crippen LogP contribution in [-0.4, -0.2) is 47.4 Å². The van der Waals surface area contributed by atoms with Crippen molar-refractivity contribution in [2.45, 2.75) is 18.4 Å². The van der Waals surface area contributed by atoms with E-state index in [-0.39, 0.29) is 30.2 Å². The van der Waals surface area contributed by atoms with Crippen molar-refractivity contribution in [3.05, 3.63) is 89.2 Å². The van der Waals surface area contributed by atoms with E-state index in [4.69, 9.17) is 14.9 Å². The maximum atomic E-state index is 14.1. The zero-order valence-corrected chi connectivity index (χ0v) is 18.5. The Balaban J connectivity index is 1.43. The van der Waals surface area contributed by atoms with E-state index < -0.39 is 36.4 Å². The molecule has 4 N–H and O–H groups in total. The molecule has 3 aromatic rings. The maximum absolute atomic E-state index is 14.1. The van der Waals surface area contributed by atoms with Gasteiger partial charge in [-0.15, -0.1) is 0 Å². The van der Waals surface area contributed by atoms with Crippen molar-refractivity contribution in [3.63, 3.8) is 0 Å². The SMILES string of the molecule is O=C(Nc1cc(F)cc(C(=O)NC(CCO)C(=O)O)c1)OCC1c2ccccc2-c2ccccc21. The highest BCUT2D eigenvalue weighted by atomic mass is 19.1. The van der Waals surface area contributed by atoms with E-state index in [9.17, 15) is 18.8 Å². The number of aliphatic carboxylic acids is 1. The Kier molecular flexibility index (Phi) is 7.07. The van der Waals surface area contributed by atoms with Crippen molar-refractivity contribution in [2.75, 3.05) is 18.5 Å². The van der Waals surface area contributed by atoms with Crippen LogP contribution in [0.4, 0.5) is 14.9 Å². The predicted molar refractivity (Wildman–Crippen MR) is 126 cm³/mol. The van der Waals surface area contributed by atoms with Gasteiger partial charge in [0.1, 0.15) is 18.5 Å². The highest BCUT2D eigenvalue weighted by molar-refractivity contribution is 5.98. The fourth-order valence-corrected chi connectivity index (χ4v) is 4.17. The molecular formula is C26H23FN2O6. The normalized spacial score (nSPS) is 12.9.